The minimum atomic E-state index is 0.0946. The molecule has 1 atom stereocenters. The van der Waals surface area contributed by atoms with Gasteiger partial charge in [-0.15, -0.1) is 0 Å². The van der Waals surface area contributed by atoms with Crippen LogP contribution in [-0.2, 0) is 4.74 Å². The maximum Gasteiger partial charge on any atom is 0.0814 e. The molecule has 1 spiro atoms. The molecule has 0 radical (unpaired) electrons. The van der Waals surface area contributed by atoms with Gasteiger partial charge in [-0.2, -0.15) is 0 Å². The van der Waals surface area contributed by atoms with E-state index in [-0.39, 0.29) is 11.2 Å². The van der Waals surface area contributed by atoms with Gasteiger partial charge in [-0.3, -0.25) is 0 Å². The standard InChI is InChI=1S/C12H23NO/c1-3-6-11(2)9-13-10-12(14-11)7-4-5-8-12/h13H,3-10H2,1-2H3. The Kier molecular flexibility index (Phi) is 2.85. The van der Waals surface area contributed by atoms with Crippen LogP contribution in [-0.4, -0.2) is 24.3 Å². The second-order valence-corrected chi connectivity index (χ2v) is 5.30. The predicted molar refractivity (Wildman–Crippen MR) is 58.5 cm³/mol. The van der Waals surface area contributed by atoms with Gasteiger partial charge in [0.2, 0.25) is 0 Å². The first-order chi connectivity index (χ1) is 6.68. The second kappa shape index (κ2) is 3.82. The third kappa shape index (κ3) is 1.96. The highest BCUT2D eigenvalue weighted by molar-refractivity contribution is 4.97. The fraction of sp³-hybridized carbons (Fsp3) is 1.00. The first-order valence-corrected chi connectivity index (χ1v) is 6.09. The average molecular weight is 197 g/mol. The highest BCUT2D eigenvalue weighted by atomic mass is 16.5. The van der Waals surface area contributed by atoms with E-state index in [2.05, 4.69) is 19.2 Å². The van der Waals surface area contributed by atoms with Crippen LogP contribution < -0.4 is 5.32 Å². The Balaban J connectivity index is 2.02. The molecule has 2 fully saturated rings. The number of morpholine rings is 1. The van der Waals surface area contributed by atoms with E-state index < -0.39 is 0 Å². The number of ether oxygens (including phenoxy) is 1. The third-order valence-corrected chi connectivity index (χ3v) is 3.70. The quantitative estimate of drug-likeness (QED) is 0.734. The van der Waals surface area contributed by atoms with Crippen LogP contribution in [0.1, 0.15) is 52.4 Å². The summed E-state index contributed by atoms with van der Waals surface area (Å²) in [7, 11) is 0. The van der Waals surface area contributed by atoms with Crippen molar-refractivity contribution < 1.29 is 4.74 Å². The lowest BCUT2D eigenvalue weighted by atomic mass is 9.92. The molecule has 0 aromatic heterocycles. The van der Waals surface area contributed by atoms with Crippen LogP contribution in [0.5, 0.6) is 0 Å². The fourth-order valence-electron chi connectivity index (χ4n) is 3.12. The largest absolute Gasteiger partial charge is 0.366 e. The Morgan fingerprint density at radius 1 is 1.21 bits per heavy atom. The highest BCUT2D eigenvalue weighted by Gasteiger charge is 2.44. The number of rotatable bonds is 2. The fourth-order valence-corrected chi connectivity index (χ4v) is 3.12. The lowest BCUT2D eigenvalue weighted by Crippen LogP contribution is -2.58. The van der Waals surface area contributed by atoms with E-state index in [0.29, 0.717) is 0 Å². The number of hydrogen-bond donors (Lipinski definition) is 1. The lowest BCUT2D eigenvalue weighted by Gasteiger charge is -2.45. The maximum absolute atomic E-state index is 6.40. The van der Waals surface area contributed by atoms with Gasteiger partial charge in [-0.1, -0.05) is 26.2 Å². The monoisotopic (exact) mass is 197 g/mol. The van der Waals surface area contributed by atoms with Gasteiger partial charge < -0.3 is 10.1 Å². The Labute approximate surface area is 87.4 Å². The summed E-state index contributed by atoms with van der Waals surface area (Å²) in [5.74, 6) is 0. The van der Waals surface area contributed by atoms with Gasteiger partial charge in [0.25, 0.3) is 0 Å². The van der Waals surface area contributed by atoms with Gasteiger partial charge in [-0.25, -0.2) is 0 Å². The molecular weight excluding hydrogens is 174 g/mol. The average Bonchev–Trinajstić information content (AvgIpc) is 2.52. The van der Waals surface area contributed by atoms with Crippen molar-refractivity contribution in [1.29, 1.82) is 0 Å². The van der Waals surface area contributed by atoms with Crippen LogP contribution >= 0.6 is 0 Å². The molecule has 1 aliphatic carbocycles. The van der Waals surface area contributed by atoms with E-state index in [1.807, 2.05) is 0 Å². The molecule has 14 heavy (non-hydrogen) atoms. The van der Waals surface area contributed by atoms with Crippen LogP contribution in [0.15, 0.2) is 0 Å². The predicted octanol–water partition coefficient (Wildman–Crippen LogP) is 2.48. The molecule has 0 aromatic carbocycles. The summed E-state index contributed by atoms with van der Waals surface area (Å²) >= 11 is 0. The van der Waals surface area contributed by atoms with E-state index in [4.69, 9.17) is 4.74 Å². The first kappa shape index (κ1) is 10.4. The topological polar surface area (TPSA) is 21.3 Å². The van der Waals surface area contributed by atoms with E-state index in [9.17, 15) is 0 Å². The molecule has 1 saturated carbocycles. The van der Waals surface area contributed by atoms with Crippen molar-refractivity contribution >= 4 is 0 Å². The molecule has 1 saturated heterocycles. The molecule has 1 heterocycles. The van der Waals surface area contributed by atoms with Crippen molar-refractivity contribution in [2.45, 2.75) is 63.6 Å². The Morgan fingerprint density at radius 2 is 1.93 bits per heavy atom. The Morgan fingerprint density at radius 3 is 2.57 bits per heavy atom. The van der Waals surface area contributed by atoms with Gasteiger partial charge >= 0.3 is 0 Å². The summed E-state index contributed by atoms with van der Waals surface area (Å²) in [6.07, 6.45) is 7.63. The smallest absolute Gasteiger partial charge is 0.0814 e. The summed E-state index contributed by atoms with van der Waals surface area (Å²) in [5, 5.41) is 3.57. The van der Waals surface area contributed by atoms with Crippen LogP contribution in [0.3, 0.4) is 0 Å². The Bertz CT molecular complexity index is 194. The first-order valence-electron chi connectivity index (χ1n) is 6.09. The summed E-state index contributed by atoms with van der Waals surface area (Å²) in [6, 6.07) is 0. The molecule has 82 valence electrons. The van der Waals surface area contributed by atoms with E-state index in [0.717, 1.165) is 13.1 Å². The molecule has 1 N–H and O–H groups in total. The van der Waals surface area contributed by atoms with E-state index in [1.54, 1.807) is 0 Å². The number of hydrogen-bond acceptors (Lipinski definition) is 2. The van der Waals surface area contributed by atoms with Gasteiger partial charge in [0.1, 0.15) is 0 Å². The molecule has 0 aromatic rings. The minimum Gasteiger partial charge on any atom is -0.366 e. The summed E-state index contributed by atoms with van der Waals surface area (Å²) < 4.78 is 6.40. The van der Waals surface area contributed by atoms with Crippen LogP contribution in [0.4, 0.5) is 0 Å². The molecular formula is C12H23NO. The van der Waals surface area contributed by atoms with Crippen LogP contribution in [0, 0.1) is 0 Å². The molecule has 2 heteroatoms. The van der Waals surface area contributed by atoms with E-state index in [1.165, 1.54) is 38.5 Å². The van der Waals surface area contributed by atoms with Gasteiger partial charge in [-0.05, 0) is 26.2 Å². The van der Waals surface area contributed by atoms with Crippen molar-refractivity contribution in [1.82, 2.24) is 5.32 Å². The van der Waals surface area contributed by atoms with Crippen molar-refractivity contribution in [3.8, 4) is 0 Å². The maximum atomic E-state index is 6.40. The summed E-state index contributed by atoms with van der Waals surface area (Å²) in [4.78, 5) is 0. The van der Waals surface area contributed by atoms with Crippen molar-refractivity contribution in [3.63, 3.8) is 0 Å². The van der Waals surface area contributed by atoms with Crippen molar-refractivity contribution in [2.75, 3.05) is 13.1 Å². The summed E-state index contributed by atoms with van der Waals surface area (Å²) in [6.45, 7) is 6.61. The van der Waals surface area contributed by atoms with Gasteiger partial charge in [0.05, 0.1) is 11.2 Å². The summed E-state index contributed by atoms with van der Waals surface area (Å²) in [5.41, 5.74) is 0.291. The van der Waals surface area contributed by atoms with Crippen molar-refractivity contribution in [3.05, 3.63) is 0 Å². The lowest BCUT2D eigenvalue weighted by molar-refractivity contribution is -0.169. The zero-order valence-electron chi connectivity index (χ0n) is 9.57. The second-order valence-electron chi connectivity index (χ2n) is 5.30. The van der Waals surface area contributed by atoms with Gasteiger partial charge in [0.15, 0.2) is 0 Å². The van der Waals surface area contributed by atoms with E-state index >= 15 is 0 Å². The van der Waals surface area contributed by atoms with Crippen LogP contribution in [0.2, 0.25) is 0 Å². The van der Waals surface area contributed by atoms with Crippen LogP contribution in [0.25, 0.3) is 0 Å². The normalized spacial score (nSPS) is 36.4. The third-order valence-electron chi connectivity index (χ3n) is 3.70. The minimum absolute atomic E-state index is 0.0946. The zero-order chi connectivity index (χ0) is 10.1. The highest BCUT2D eigenvalue weighted by Crippen LogP contribution is 2.39. The molecule has 1 aliphatic heterocycles. The molecule has 0 amide bonds. The zero-order valence-corrected chi connectivity index (χ0v) is 9.57. The molecule has 1 unspecified atom stereocenters. The van der Waals surface area contributed by atoms with Crippen molar-refractivity contribution in [2.24, 2.45) is 0 Å². The molecule has 2 aliphatic rings. The Hall–Kier alpha value is -0.0800. The molecule has 0 bridgehead atoms. The SMILES string of the molecule is CCCC1(C)CNCC2(CCCC2)O1. The molecule has 2 nitrogen and oxygen atoms in total. The van der Waals surface area contributed by atoms with Gasteiger partial charge in [0, 0.05) is 13.1 Å². The molecule has 2 rings (SSSR count). The number of nitrogens with one attached hydrogen (secondary N) is 1.